The van der Waals surface area contributed by atoms with Gasteiger partial charge in [0.15, 0.2) is 5.82 Å². The number of nitrogens with one attached hydrogen (secondary N) is 2. The minimum Gasteiger partial charge on any atom is -0.497 e. The molecule has 1 heterocycles. The van der Waals surface area contributed by atoms with Gasteiger partial charge in [-0.3, -0.25) is 0 Å². The maximum atomic E-state index is 5.29. The van der Waals surface area contributed by atoms with Crippen molar-refractivity contribution < 1.29 is 4.74 Å². The van der Waals surface area contributed by atoms with Crippen molar-refractivity contribution in [2.75, 3.05) is 24.3 Å². The summed E-state index contributed by atoms with van der Waals surface area (Å²) in [6.07, 6.45) is 2.24. The molecule has 0 bridgehead atoms. The molecule has 2 N–H and O–H groups in total. The van der Waals surface area contributed by atoms with Gasteiger partial charge in [-0.25, -0.2) is 9.97 Å². The fraction of sp³-hybridized carbons (Fsp3) is 0.238. The molecule has 5 nitrogen and oxygen atoms in total. The quantitative estimate of drug-likeness (QED) is 0.554. The van der Waals surface area contributed by atoms with Crippen molar-refractivity contribution >= 4 is 17.3 Å². The van der Waals surface area contributed by atoms with Crippen molar-refractivity contribution in [3.05, 3.63) is 60.7 Å². The second kappa shape index (κ2) is 8.85. The van der Waals surface area contributed by atoms with E-state index >= 15 is 0 Å². The molecule has 0 aliphatic rings. The third-order valence-corrected chi connectivity index (χ3v) is 3.94. The van der Waals surface area contributed by atoms with Gasteiger partial charge in [-0.2, -0.15) is 0 Å². The highest BCUT2D eigenvalue weighted by molar-refractivity contribution is 5.65. The molecule has 0 saturated heterocycles. The summed E-state index contributed by atoms with van der Waals surface area (Å²) in [7, 11) is 1.66. The van der Waals surface area contributed by atoms with E-state index in [1.807, 2.05) is 60.7 Å². The molecule has 0 radical (unpaired) electrons. The van der Waals surface area contributed by atoms with Gasteiger partial charge in [-0.05, 0) is 18.6 Å². The summed E-state index contributed by atoms with van der Waals surface area (Å²) in [5, 5.41) is 6.74. The van der Waals surface area contributed by atoms with E-state index in [1.54, 1.807) is 7.11 Å². The molecule has 1 aromatic heterocycles. The molecule has 0 amide bonds. The highest BCUT2D eigenvalue weighted by Crippen LogP contribution is 2.24. The summed E-state index contributed by atoms with van der Waals surface area (Å²) in [5.41, 5.74) is 1.90. The standard InChI is InChI=1S/C21H24N4O/c1-3-4-13-22-19-15-20(23-17-11-8-12-18(14-17)26-2)25-21(24-19)16-9-6-5-7-10-16/h5-12,14-15H,3-4,13H2,1-2H3,(H2,22,23,24,25). The van der Waals surface area contributed by atoms with E-state index in [4.69, 9.17) is 4.74 Å². The zero-order valence-corrected chi connectivity index (χ0v) is 15.2. The first kappa shape index (κ1) is 17.7. The van der Waals surface area contributed by atoms with Crippen molar-refractivity contribution in [2.45, 2.75) is 19.8 Å². The number of rotatable bonds is 8. The molecule has 0 aliphatic carbocycles. The Labute approximate surface area is 154 Å². The van der Waals surface area contributed by atoms with Crippen LogP contribution < -0.4 is 15.4 Å². The fourth-order valence-electron chi connectivity index (χ4n) is 2.56. The van der Waals surface area contributed by atoms with E-state index in [-0.39, 0.29) is 0 Å². The minimum absolute atomic E-state index is 0.692. The van der Waals surface area contributed by atoms with Crippen LogP contribution in [0.3, 0.4) is 0 Å². The highest BCUT2D eigenvalue weighted by atomic mass is 16.5. The predicted molar refractivity (Wildman–Crippen MR) is 107 cm³/mol. The SMILES string of the molecule is CCCCNc1cc(Nc2cccc(OC)c2)nc(-c2ccccc2)n1. The van der Waals surface area contributed by atoms with Crippen molar-refractivity contribution in [1.29, 1.82) is 0 Å². The average Bonchev–Trinajstić information content (AvgIpc) is 2.69. The predicted octanol–water partition coefficient (Wildman–Crippen LogP) is 5.11. The van der Waals surface area contributed by atoms with Crippen LogP contribution in [-0.2, 0) is 0 Å². The summed E-state index contributed by atoms with van der Waals surface area (Å²) in [4.78, 5) is 9.34. The molecule has 2 aromatic carbocycles. The lowest BCUT2D eigenvalue weighted by molar-refractivity contribution is 0.415. The summed E-state index contributed by atoms with van der Waals surface area (Å²) in [6.45, 7) is 3.06. The molecule has 0 spiro atoms. The third kappa shape index (κ3) is 4.72. The van der Waals surface area contributed by atoms with Crippen LogP contribution in [0, 0.1) is 0 Å². The van der Waals surface area contributed by atoms with Crippen LogP contribution in [0.25, 0.3) is 11.4 Å². The number of aromatic nitrogens is 2. The topological polar surface area (TPSA) is 59.1 Å². The van der Waals surface area contributed by atoms with E-state index in [0.29, 0.717) is 5.82 Å². The summed E-state index contributed by atoms with van der Waals surface area (Å²) >= 11 is 0. The number of ether oxygens (including phenoxy) is 1. The summed E-state index contributed by atoms with van der Waals surface area (Å²) < 4.78 is 5.29. The summed E-state index contributed by atoms with van der Waals surface area (Å²) in [5.74, 6) is 3.05. The zero-order chi connectivity index (χ0) is 18.2. The van der Waals surface area contributed by atoms with Crippen LogP contribution in [0.5, 0.6) is 5.75 Å². The van der Waals surface area contributed by atoms with Gasteiger partial charge in [-0.1, -0.05) is 49.7 Å². The van der Waals surface area contributed by atoms with Gasteiger partial charge in [0.05, 0.1) is 7.11 Å². The first-order valence-electron chi connectivity index (χ1n) is 8.88. The van der Waals surface area contributed by atoms with Crippen LogP contribution >= 0.6 is 0 Å². The van der Waals surface area contributed by atoms with Gasteiger partial charge in [-0.15, -0.1) is 0 Å². The molecule has 0 atom stereocenters. The molecule has 0 unspecified atom stereocenters. The van der Waals surface area contributed by atoms with Crippen LogP contribution in [-0.4, -0.2) is 23.6 Å². The Balaban J connectivity index is 1.90. The third-order valence-electron chi connectivity index (χ3n) is 3.94. The Morgan fingerprint density at radius 1 is 0.923 bits per heavy atom. The lowest BCUT2D eigenvalue weighted by Crippen LogP contribution is -2.06. The fourth-order valence-corrected chi connectivity index (χ4v) is 2.56. The van der Waals surface area contributed by atoms with E-state index < -0.39 is 0 Å². The molecule has 0 fully saturated rings. The number of hydrogen-bond donors (Lipinski definition) is 2. The van der Waals surface area contributed by atoms with Gasteiger partial charge in [0.2, 0.25) is 0 Å². The number of anilines is 3. The first-order valence-corrected chi connectivity index (χ1v) is 8.88. The van der Waals surface area contributed by atoms with Crippen molar-refractivity contribution in [3.63, 3.8) is 0 Å². The molecule has 3 aromatic rings. The molecule has 26 heavy (non-hydrogen) atoms. The monoisotopic (exact) mass is 348 g/mol. The maximum absolute atomic E-state index is 5.29. The first-order chi connectivity index (χ1) is 12.8. The molecular formula is C21H24N4O. The Kier molecular flexibility index (Phi) is 6.04. The van der Waals surface area contributed by atoms with Crippen LogP contribution in [0.1, 0.15) is 19.8 Å². The Hall–Kier alpha value is -3.08. The molecule has 0 aliphatic heterocycles. The lowest BCUT2D eigenvalue weighted by Gasteiger charge is -2.12. The minimum atomic E-state index is 0.692. The molecule has 0 saturated carbocycles. The van der Waals surface area contributed by atoms with E-state index in [9.17, 15) is 0 Å². The molecule has 3 rings (SSSR count). The Morgan fingerprint density at radius 2 is 1.73 bits per heavy atom. The van der Waals surface area contributed by atoms with Crippen molar-refractivity contribution in [3.8, 4) is 17.1 Å². The van der Waals surface area contributed by atoms with Gasteiger partial charge in [0, 0.05) is 29.9 Å². The summed E-state index contributed by atoms with van der Waals surface area (Å²) in [6, 6.07) is 19.7. The second-order valence-corrected chi connectivity index (χ2v) is 5.97. The molecule has 134 valence electrons. The highest BCUT2D eigenvalue weighted by Gasteiger charge is 2.07. The Bertz CT molecular complexity index is 836. The number of nitrogens with zero attached hydrogens (tertiary/aromatic N) is 2. The van der Waals surface area contributed by atoms with Gasteiger partial charge in [0.25, 0.3) is 0 Å². The van der Waals surface area contributed by atoms with Crippen LogP contribution in [0.4, 0.5) is 17.3 Å². The van der Waals surface area contributed by atoms with E-state index in [1.165, 1.54) is 0 Å². The average molecular weight is 348 g/mol. The van der Waals surface area contributed by atoms with E-state index in [2.05, 4.69) is 27.5 Å². The normalized spacial score (nSPS) is 10.4. The van der Waals surface area contributed by atoms with Crippen molar-refractivity contribution in [1.82, 2.24) is 9.97 Å². The van der Waals surface area contributed by atoms with Gasteiger partial charge < -0.3 is 15.4 Å². The number of benzene rings is 2. The molecule has 5 heteroatoms. The number of methoxy groups -OCH3 is 1. The number of unbranched alkanes of at least 4 members (excludes halogenated alkanes) is 1. The second-order valence-electron chi connectivity index (χ2n) is 5.97. The van der Waals surface area contributed by atoms with Crippen LogP contribution in [0.2, 0.25) is 0 Å². The zero-order valence-electron chi connectivity index (χ0n) is 15.2. The molecular weight excluding hydrogens is 324 g/mol. The smallest absolute Gasteiger partial charge is 0.163 e. The maximum Gasteiger partial charge on any atom is 0.163 e. The van der Waals surface area contributed by atoms with Gasteiger partial charge in [0.1, 0.15) is 17.4 Å². The Morgan fingerprint density at radius 3 is 2.50 bits per heavy atom. The van der Waals surface area contributed by atoms with Gasteiger partial charge >= 0.3 is 0 Å². The van der Waals surface area contributed by atoms with E-state index in [0.717, 1.165) is 48.0 Å². The number of hydrogen-bond acceptors (Lipinski definition) is 5. The lowest BCUT2D eigenvalue weighted by atomic mass is 10.2. The van der Waals surface area contributed by atoms with Crippen LogP contribution in [0.15, 0.2) is 60.7 Å². The van der Waals surface area contributed by atoms with Crippen molar-refractivity contribution in [2.24, 2.45) is 0 Å². The largest absolute Gasteiger partial charge is 0.497 e.